The van der Waals surface area contributed by atoms with Gasteiger partial charge in [-0.1, -0.05) is 31.9 Å². The molecule has 4 rings (SSSR count). The van der Waals surface area contributed by atoms with Crippen LogP contribution in [0.25, 0.3) is 16.7 Å². The number of unbranched alkanes of at least 4 members (excludes halogenated alkanes) is 2. The molecule has 3 aromatic rings. The molecular formula is C23H28N4. The molecule has 0 radical (unpaired) electrons. The first-order valence-corrected chi connectivity index (χ1v) is 10.3. The van der Waals surface area contributed by atoms with E-state index in [0.717, 1.165) is 47.3 Å². The molecule has 0 atom stereocenters. The molecule has 0 spiro atoms. The van der Waals surface area contributed by atoms with Crippen molar-refractivity contribution in [1.29, 1.82) is 5.26 Å². The van der Waals surface area contributed by atoms with Gasteiger partial charge < -0.3 is 4.90 Å². The van der Waals surface area contributed by atoms with Gasteiger partial charge in [-0.25, -0.2) is 4.98 Å². The van der Waals surface area contributed by atoms with E-state index in [0.29, 0.717) is 0 Å². The Morgan fingerprint density at radius 3 is 2.63 bits per heavy atom. The minimum absolute atomic E-state index is 0.735. The zero-order valence-electron chi connectivity index (χ0n) is 16.5. The van der Waals surface area contributed by atoms with Crippen molar-refractivity contribution in [3.8, 4) is 6.07 Å². The van der Waals surface area contributed by atoms with Crippen LogP contribution in [0.1, 0.15) is 62.1 Å². The number of hydrogen-bond donors (Lipinski definition) is 0. The van der Waals surface area contributed by atoms with E-state index in [1.54, 1.807) is 0 Å². The second-order valence-electron chi connectivity index (χ2n) is 7.68. The van der Waals surface area contributed by atoms with Gasteiger partial charge in [-0.3, -0.25) is 4.40 Å². The van der Waals surface area contributed by atoms with Gasteiger partial charge in [0, 0.05) is 13.1 Å². The van der Waals surface area contributed by atoms with E-state index >= 15 is 0 Å². The van der Waals surface area contributed by atoms with Gasteiger partial charge in [0.25, 0.3) is 0 Å². The molecule has 2 aromatic heterocycles. The van der Waals surface area contributed by atoms with Crippen LogP contribution >= 0.6 is 0 Å². The van der Waals surface area contributed by atoms with Crippen LogP contribution in [0, 0.1) is 18.3 Å². The summed E-state index contributed by atoms with van der Waals surface area (Å²) in [7, 11) is 0. The summed E-state index contributed by atoms with van der Waals surface area (Å²) < 4.78 is 2.27. The van der Waals surface area contributed by atoms with Crippen molar-refractivity contribution in [3.05, 3.63) is 41.0 Å². The molecule has 0 bridgehead atoms. The Balaban J connectivity index is 2.04. The molecule has 140 valence electrons. The number of benzene rings is 1. The van der Waals surface area contributed by atoms with Crippen LogP contribution in [0.15, 0.2) is 24.3 Å². The quantitative estimate of drug-likeness (QED) is 0.573. The summed E-state index contributed by atoms with van der Waals surface area (Å²) in [4.78, 5) is 7.40. The normalized spacial score (nSPS) is 14.8. The lowest BCUT2D eigenvalue weighted by atomic mass is 9.98. The van der Waals surface area contributed by atoms with Crippen LogP contribution < -0.4 is 4.90 Å². The summed E-state index contributed by atoms with van der Waals surface area (Å²) in [6.45, 7) is 6.54. The van der Waals surface area contributed by atoms with Crippen LogP contribution in [-0.2, 0) is 6.42 Å². The number of aromatic nitrogens is 2. The van der Waals surface area contributed by atoms with Gasteiger partial charge in [0.05, 0.1) is 16.6 Å². The van der Waals surface area contributed by atoms with Crippen molar-refractivity contribution < 1.29 is 0 Å². The van der Waals surface area contributed by atoms with Crippen molar-refractivity contribution in [1.82, 2.24) is 9.38 Å². The smallest absolute Gasteiger partial charge is 0.157 e. The molecule has 1 saturated heterocycles. The first-order valence-electron chi connectivity index (χ1n) is 10.3. The number of nitriles is 1. The molecule has 0 saturated carbocycles. The number of hydrogen-bond acceptors (Lipinski definition) is 3. The fraction of sp³-hybridized carbons (Fsp3) is 0.478. The molecule has 1 aliphatic heterocycles. The summed E-state index contributed by atoms with van der Waals surface area (Å²) in [5.74, 6) is 1.28. The maximum absolute atomic E-state index is 9.92. The van der Waals surface area contributed by atoms with Crippen molar-refractivity contribution >= 4 is 22.5 Å². The zero-order valence-corrected chi connectivity index (χ0v) is 16.5. The highest BCUT2D eigenvalue weighted by Gasteiger charge is 2.24. The maximum Gasteiger partial charge on any atom is 0.157 e. The average molecular weight is 361 g/mol. The Hall–Kier alpha value is -2.54. The van der Waals surface area contributed by atoms with Gasteiger partial charge >= 0.3 is 0 Å². The number of rotatable bonds is 5. The third-order valence-electron chi connectivity index (χ3n) is 5.89. The van der Waals surface area contributed by atoms with E-state index in [2.05, 4.69) is 47.4 Å². The highest BCUT2D eigenvalue weighted by molar-refractivity contribution is 5.86. The second kappa shape index (κ2) is 7.60. The summed E-state index contributed by atoms with van der Waals surface area (Å²) in [6.07, 6.45) is 8.42. The van der Waals surface area contributed by atoms with Gasteiger partial charge in [-0.05, 0) is 62.3 Å². The second-order valence-corrected chi connectivity index (χ2v) is 7.68. The standard InChI is InChI=1S/C23H28N4/c1-3-4-6-11-18-17(2)19(16-24)22-25-20-12-7-8-13-21(20)27(22)23(18)26-14-9-5-10-15-26/h7-8,12-13H,3-6,9-11,14-15H2,1-2H3. The third-order valence-corrected chi connectivity index (χ3v) is 5.89. The molecule has 4 nitrogen and oxygen atoms in total. The van der Waals surface area contributed by atoms with Crippen LogP contribution in [0.3, 0.4) is 0 Å². The third kappa shape index (κ3) is 3.06. The molecule has 0 unspecified atom stereocenters. The predicted octanol–water partition coefficient (Wildman–Crippen LogP) is 5.39. The molecule has 4 heteroatoms. The molecule has 1 fully saturated rings. The topological polar surface area (TPSA) is 44.3 Å². The Morgan fingerprint density at radius 1 is 1.11 bits per heavy atom. The first-order chi connectivity index (χ1) is 13.3. The Labute approximate surface area is 161 Å². The highest BCUT2D eigenvalue weighted by Crippen LogP contribution is 2.35. The lowest BCUT2D eigenvalue weighted by Gasteiger charge is -2.32. The monoisotopic (exact) mass is 360 g/mol. The van der Waals surface area contributed by atoms with Gasteiger partial charge in [-0.15, -0.1) is 0 Å². The van der Waals surface area contributed by atoms with Gasteiger partial charge in [0.1, 0.15) is 11.9 Å². The number of piperidine rings is 1. The molecule has 1 aromatic carbocycles. The van der Waals surface area contributed by atoms with Crippen LogP contribution in [-0.4, -0.2) is 22.5 Å². The minimum Gasteiger partial charge on any atom is -0.357 e. The van der Waals surface area contributed by atoms with Crippen LogP contribution in [0.2, 0.25) is 0 Å². The summed E-state index contributed by atoms with van der Waals surface area (Å²) >= 11 is 0. The molecule has 1 aliphatic rings. The lowest BCUT2D eigenvalue weighted by molar-refractivity contribution is 0.569. The van der Waals surface area contributed by atoms with E-state index in [4.69, 9.17) is 4.98 Å². The minimum atomic E-state index is 0.735. The molecular weight excluding hydrogens is 332 g/mol. The Kier molecular flexibility index (Phi) is 5.03. The first kappa shape index (κ1) is 17.9. The van der Waals surface area contributed by atoms with E-state index in [1.165, 1.54) is 49.9 Å². The summed E-state index contributed by atoms with van der Waals surface area (Å²) in [5.41, 5.74) is 6.10. The van der Waals surface area contributed by atoms with Gasteiger partial charge in [-0.2, -0.15) is 5.26 Å². The Bertz CT molecular complexity index is 1000. The fourth-order valence-electron chi connectivity index (χ4n) is 4.45. The predicted molar refractivity (Wildman–Crippen MR) is 111 cm³/mol. The fourth-order valence-corrected chi connectivity index (χ4v) is 4.45. The van der Waals surface area contributed by atoms with E-state index in [-0.39, 0.29) is 0 Å². The Morgan fingerprint density at radius 2 is 1.89 bits per heavy atom. The summed E-state index contributed by atoms with van der Waals surface area (Å²) in [6, 6.07) is 10.7. The van der Waals surface area contributed by atoms with Crippen molar-refractivity contribution in [2.24, 2.45) is 0 Å². The van der Waals surface area contributed by atoms with Crippen LogP contribution in [0.4, 0.5) is 5.82 Å². The van der Waals surface area contributed by atoms with Crippen molar-refractivity contribution in [2.75, 3.05) is 18.0 Å². The van der Waals surface area contributed by atoms with Gasteiger partial charge in [0.15, 0.2) is 5.65 Å². The van der Waals surface area contributed by atoms with E-state index < -0.39 is 0 Å². The number of anilines is 1. The maximum atomic E-state index is 9.92. The number of pyridine rings is 1. The largest absolute Gasteiger partial charge is 0.357 e. The molecule has 0 aliphatic carbocycles. The molecule has 0 amide bonds. The van der Waals surface area contributed by atoms with Crippen molar-refractivity contribution in [2.45, 2.75) is 58.8 Å². The number of nitrogens with zero attached hydrogens (tertiary/aromatic N) is 4. The number of fused-ring (bicyclic) bond motifs is 3. The van der Waals surface area contributed by atoms with Crippen molar-refractivity contribution in [3.63, 3.8) is 0 Å². The SMILES string of the molecule is CCCCCc1c(C)c(C#N)c2nc3ccccc3n2c1N1CCCCC1. The zero-order chi connectivity index (χ0) is 18.8. The lowest BCUT2D eigenvalue weighted by Crippen LogP contribution is -2.32. The van der Waals surface area contributed by atoms with Crippen LogP contribution in [0.5, 0.6) is 0 Å². The number of imidazole rings is 1. The molecule has 27 heavy (non-hydrogen) atoms. The van der Waals surface area contributed by atoms with E-state index in [1.807, 2.05) is 6.07 Å². The summed E-state index contributed by atoms with van der Waals surface area (Å²) in [5, 5.41) is 9.92. The average Bonchev–Trinajstić information content (AvgIpc) is 3.08. The van der Waals surface area contributed by atoms with Gasteiger partial charge in [0.2, 0.25) is 0 Å². The molecule has 3 heterocycles. The highest BCUT2D eigenvalue weighted by atomic mass is 15.2. The molecule has 0 N–H and O–H groups in total. The number of para-hydroxylation sites is 2. The van der Waals surface area contributed by atoms with E-state index in [9.17, 15) is 5.26 Å².